The molecule has 0 unspecified atom stereocenters. The largest absolute Gasteiger partial charge is 0.508 e. The molecule has 4 amide bonds. The van der Waals surface area contributed by atoms with Crippen LogP contribution in [0.4, 0.5) is 11.4 Å². The first-order valence-corrected chi connectivity index (χ1v) is 14.5. The van der Waals surface area contributed by atoms with Gasteiger partial charge < -0.3 is 5.11 Å². The number of aromatic hydroxyl groups is 1. The second kappa shape index (κ2) is 9.59. The number of Topliss-reactive ketones (excluding diaryl/α,β-unsaturated/α-hetero) is 1. The van der Waals surface area contributed by atoms with Crippen LogP contribution in [0.3, 0.4) is 0 Å². The van der Waals surface area contributed by atoms with E-state index in [0.717, 1.165) is 5.57 Å². The van der Waals surface area contributed by atoms with Crippen molar-refractivity contribution in [3.63, 3.8) is 0 Å². The number of carbonyl (C=O) groups is 5. The molecule has 0 bridgehead atoms. The van der Waals surface area contributed by atoms with Gasteiger partial charge in [-0.1, -0.05) is 42.0 Å². The van der Waals surface area contributed by atoms with Gasteiger partial charge in [-0.3, -0.25) is 28.9 Å². The number of para-hydroxylation sites is 1. The van der Waals surface area contributed by atoms with Crippen molar-refractivity contribution < 1.29 is 29.1 Å². The number of benzene rings is 3. The van der Waals surface area contributed by atoms with E-state index in [2.05, 4.69) is 0 Å². The molecule has 2 aliphatic carbocycles. The molecule has 3 aromatic rings. The van der Waals surface area contributed by atoms with Gasteiger partial charge in [0.1, 0.15) is 5.75 Å². The van der Waals surface area contributed by atoms with E-state index in [0.29, 0.717) is 28.9 Å². The highest BCUT2D eigenvalue weighted by Crippen LogP contribution is 2.63. The molecule has 216 valence electrons. The van der Waals surface area contributed by atoms with Crippen molar-refractivity contribution in [3.05, 3.63) is 102 Å². The lowest BCUT2D eigenvalue weighted by atomic mass is 9.51. The Morgan fingerprint density at radius 3 is 2.19 bits per heavy atom. The van der Waals surface area contributed by atoms with Gasteiger partial charge in [-0.05, 0) is 86.7 Å². The van der Waals surface area contributed by atoms with Crippen LogP contribution >= 0.6 is 0 Å². The lowest BCUT2D eigenvalue weighted by Gasteiger charge is -2.49. The number of hydrogen-bond donors (Lipinski definition) is 1. The Labute approximate surface area is 248 Å². The molecule has 1 saturated carbocycles. The van der Waals surface area contributed by atoms with Gasteiger partial charge in [0.15, 0.2) is 5.78 Å². The number of nitrogens with zero attached hydrogens (tertiary/aromatic N) is 2. The summed E-state index contributed by atoms with van der Waals surface area (Å²) in [7, 11) is 0. The maximum absolute atomic E-state index is 14.3. The highest BCUT2D eigenvalue weighted by Gasteiger charge is 2.67. The van der Waals surface area contributed by atoms with E-state index in [-0.39, 0.29) is 41.6 Å². The van der Waals surface area contributed by atoms with Gasteiger partial charge in [0.25, 0.3) is 0 Å². The first-order valence-electron chi connectivity index (χ1n) is 14.5. The molecule has 6 atom stereocenters. The van der Waals surface area contributed by atoms with Crippen molar-refractivity contribution in [2.75, 3.05) is 9.80 Å². The number of carbonyl (C=O) groups excluding carboxylic acids is 5. The zero-order valence-corrected chi connectivity index (χ0v) is 23.8. The van der Waals surface area contributed by atoms with Gasteiger partial charge in [-0.2, -0.15) is 0 Å². The van der Waals surface area contributed by atoms with Gasteiger partial charge in [0.05, 0.1) is 34.5 Å². The number of anilines is 2. The molecule has 8 heteroatoms. The molecule has 0 spiro atoms. The fraction of sp³-hybridized carbons (Fsp3) is 0.286. The monoisotopic (exact) mass is 574 g/mol. The third kappa shape index (κ3) is 3.78. The molecule has 2 saturated heterocycles. The Kier molecular flexibility index (Phi) is 6.02. The summed E-state index contributed by atoms with van der Waals surface area (Å²) >= 11 is 0. The number of ketones is 1. The van der Waals surface area contributed by atoms with Crippen molar-refractivity contribution in [3.8, 4) is 5.75 Å². The predicted molar refractivity (Wildman–Crippen MR) is 158 cm³/mol. The van der Waals surface area contributed by atoms with Crippen LogP contribution in [0.2, 0.25) is 0 Å². The van der Waals surface area contributed by atoms with E-state index in [1.165, 1.54) is 16.7 Å². The number of imide groups is 2. The Hall–Kier alpha value is -4.85. The summed E-state index contributed by atoms with van der Waals surface area (Å²) in [4.78, 5) is 70.6. The average molecular weight is 575 g/mol. The second-order valence-electron chi connectivity index (χ2n) is 12.2. The first kappa shape index (κ1) is 27.0. The SMILES string of the molecule is CC(=O)c1ccc(N2C(=O)[C@H]3[C@H](CC=C4[C@H]3C[C@H]3C(=O)N(c5ccccc5)C(=O)[C@@]3(C)[C@H]4c3cccc(O)c3)C2=O)cc1. The Morgan fingerprint density at radius 1 is 0.814 bits per heavy atom. The predicted octanol–water partition coefficient (Wildman–Crippen LogP) is 5.03. The molecule has 2 heterocycles. The van der Waals surface area contributed by atoms with Gasteiger partial charge >= 0.3 is 0 Å². The fourth-order valence-electron chi connectivity index (χ4n) is 8.02. The van der Waals surface area contributed by atoms with Crippen LogP contribution in [0.25, 0.3) is 0 Å². The number of allylic oxidation sites excluding steroid dienone is 2. The van der Waals surface area contributed by atoms with Crippen LogP contribution in [0.15, 0.2) is 90.5 Å². The Morgan fingerprint density at radius 2 is 1.51 bits per heavy atom. The molecular formula is C35H30N2O6. The van der Waals surface area contributed by atoms with Crippen LogP contribution < -0.4 is 9.80 Å². The van der Waals surface area contributed by atoms with Crippen LogP contribution in [0.1, 0.15) is 48.5 Å². The Bertz CT molecular complexity index is 1750. The minimum Gasteiger partial charge on any atom is -0.508 e. The highest BCUT2D eigenvalue weighted by molar-refractivity contribution is 6.25. The van der Waals surface area contributed by atoms with E-state index < -0.39 is 35.0 Å². The number of fused-ring (bicyclic) bond motifs is 4. The number of hydrogen-bond acceptors (Lipinski definition) is 6. The van der Waals surface area contributed by atoms with Crippen molar-refractivity contribution in [2.24, 2.45) is 29.1 Å². The first-order chi connectivity index (χ1) is 20.6. The van der Waals surface area contributed by atoms with Gasteiger partial charge in [0, 0.05) is 11.5 Å². The summed E-state index contributed by atoms with van der Waals surface area (Å²) < 4.78 is 0. The van der Waals surface area contributed by atoms with E-state index in [1.807, 2.05) is 25.1 Å². The number of amides is 4. The van der Waals surface area contributed by atoms with Crippen LogP contribution in [0.5, 0.6) is 5.75 Å². The molecule has 7 rings (SSSR count). The zero-order chi connectivity index (χ0) is 30.2. The molecule has 8 nitrogen and oxygen atoms in total. The van der Waals surface area contributed by atoms with Gasteiger partial charge in [0.2, 0.25) is 23.6 Å². The molecular weight excluding hydrogens is 544 g/mol. The standard InChI is InChI=1S/C35H30N2O6/c1-19(38)20-11-13-23(14-12-20)36-31(40)26-16-15-25-27(29(26)33(36)42)18-28-32(41)37(22-8-4-3-5-9-22)34(43)35(28,2)30(25)21-7-6-10-24(39)17-21/h3-15,17,26-30,39H,16,18H2,1-2H3/t26-,27+,28-,29-,30-,35+/m0/s1. The summed E-state index contributed by atoms with van der Waals surface area (Å²) in [6.45, 7) is 3.28. The lowest BCUT2D eigenvalue weighted by molar-refractivity contribution is -0.131. The van der Waals surface area contributed by atoms with Crippen molar-refractivity contribution in [2.45, 2.75) is 32.6 Å². The molecule has 0 radical (unpaired) electrons. The molecule has 0 aromatic heterocycles. The lowest BCUT2D eigenvalue weighted by Crippen LogP contribution is -2.48. The number of phenolic OH excluding ortho intramolecular Hbond substituents is 1. The highest BCUT2D eigenvalue weighted by atomic mass is 16.3. The van der Waals surface area contributed by atoms with Gasteiger partial charge in [-0.15, -0.1) is 0 Å². The maximum atomic E-state index is 14.3. The summed E-state index contributed by atoms with van der Waals surface area (Å²) in [5.74, 6) is -4.41. The average Bonchev–Trinajstić information content (AvgIpc) is 3.37. The van der Waals surface area contributed by atoms with Crippen LogP contribution in [-0.2, 0) is 19.2 Å². The second-order valence-corrected chi connectivity index (χ2v) is 12.2. The molecule has 43 heavy (non-hydrogen) atoms. The summed E-state index contributed by atoms with van der Waals surface area (Å²) in [6, 6.07) is 22.0. The number of phenols is 1. The smallest absolute Gasteiger partial charge is 0.241 e. The molecule has 3 aromatic carbocycles. The number of rotatable bonds is 4. The Balaban J connectivity index is 1.34. The normalized spacial score (nSPS) is 29.7. The molecule has 3 fully saturated rings. The summed E-state index contributed by atoms with van der Waals surface area (Å²) in [5, 5.41) is 10.4. The van der Waals surface area contributed by atoms with Crippen molar-refractivity contribution in [1.29, 1.82) is 0 Å². The van der Waals surface area contributed by atoms with Crippen LogP contribution in [0, 0.1) is 29.1 Å². The van der Waals surface area contributed by atoms with E-state index in [9.17, 15) is 29.1 Å². The maximum Gasteiger partial charge on any atom is 0.241 e. The van der Waals surface area contributed by atoms with Crippen LogP contribution in [-0.4, -0.2) is 34.5 Å². The molecule has 1 N–H and O–H groups in total. The molecule has 2 aliphatic heterocycles. The zero-order valence-electron chi connectivity index (χ0n) is 23.8. The third-order valence-electron chi connectivity index (χ3n) is 10.0. The van der Waals surface area contributed by atoms with Gasteiger partial charge in [-0.25, -0.2) is 4.90 Å². The summed E-state index contributed by atoms with van der Waals surface area (Å²) in [6.07, 6.45) is 2.56. The topological polar surface area (TPSA) is 112 Å². The minimum atomic E-state index is -1.16. The van der Waals surface area contributed by atoms with E-state index in [1.54, 1.807) is 66.7 Å². The molecule has 4 aliphatic rings. The van der Waals surface area contributed by atoms with Crippen molar-refractivity contribution in [1.82, 2.24) is 0 Å². The third-order valence-corrected chi connectivity index (χ3v) is 10.0. The van der Waals surface area contributed by atoms with E-state index in [4.69, 9.17) is 0 Å². The fourth-order valence-corrected chi connectivity index (χ4v) is 8.02. The van der Waals surface area contributed by atoms with Crippen molar-refractivity contribution >= 4 is 40.8 Å². The quantitative estimate of drug-likeness (QED) is 0.266. The minimum absolute atomic E-state index is 0.0399. The summed E-state index contributed by atoms with van der Waals surface area (Å²) in [5.41, 5.74) is 1.76. The van der Waals surface area contributed by atoms with E-state index >= 15 is 0 Å².